The number of amides is 1. The maximum absolute atomic E-state index is 13.1. The van der Waals surface area contributed by atoms with Crippen molar-refractivity contribution in [2.75, 3.05) is 18.8 Å². The van der Waals surface area contributed by atoms with Gasteiger partial charge in [-0.3, -0.25) is 14.7 Å². The number of rotatable bonds is 4. The molecule has 2 aromatic heterocycles. The van der Waals surface area contributed by atoms with Crippen LogP contribution < -0.4 is 5.56 Å². The van der Waals surface area contributed by atoms with Gasteiger partial charge in [-0.15, -0.1) is 0 Å². The van der Waals surface area contributed by atoms with Crippen LogP contribution in [0.1, 0.15) is 55.6 Å². The molecular formula is C19H25N5O4S. The van der Waals surface area contributed by atoms with Crippen molar-refractivity contribution in [3.63, 3.8) is 0 Å². The van der Waals surface area contributed by atoms with Crippen molar-refractivity contribution >= 4 is 21.6 Å². The minimum absolute atomic E-state index is 0.0566. The highest BCUT2D eigenvalue weighted by Gasteiger charge is 2.37. The van der Waals surface area contributed by atoms with E-state index in [4.69, 9.17) is 0 Å². The maximum atomic E-state index is 13.1. The second-order valence-corrected chi connectivity index (χ2v) is 10.4. The highest BCUT2D eigenvalue weighted by molar-refractivity contribution is 7.89. The number of aromatic amines is 1. The molecule has 1 unspecified atom stereocenters. The number of carbonyl (C=O) groups excluding carboxylic acids is 1. The van der Waals surface area contributed by atoms with E-state index in [9.17, 15) is 18.0 Å². The molecule has 0 aromatic carbocycles. The largest absolute Gasteiger partial charge is 0.337 e. The monoisotopic (exact) mass is 419 g/mol. The van der Waals surface area contributed by atoms with Gasteiger partial charge in [-0.1, -0.05) is 0 Å². The lowest BCUT2D eigenvalue weighted by atomic mass is 10.1. The lowest BCUT2D eigenvalue weighted by molar-refractivity contribution is -0.133. The summed E-state index contributed by atoms with van der Waals surface area (Å²) in [5, 5.41) is 3.09. The predicted octanol–water partition coefficient (Wildman–Crippen LogP) is 0.804. The molecule has 1 atom stereocenters. The Morgan fingerprint density at radius 2 is 2.07 bits per heavy atom. The first-order valence-electron chi connectivity index (χ1n) is 10.3. The topological polar surface area (TPSA) is 108 Å². The van der Waals surface area contributed by atoms with Crippen molar-refractivity contribution in [1.29, 1.82) is 0 Å². The second kappa shape index (κ2) is 6.66. The van der Waals surface area contributed by atoms with Crippen LogP contribution in [0.25, 0.3) is 5.65 Å². The van der Waals surface area contributed by atoms with Crippen molar-refractivity contribution in [2.45, 2.75) is 51.6 Å². The number of H-pyrrole nitrogens is 1. The molecule has 0 bridgehead atoms. The van der Waals surface area contributed by atoms with Crippen LogP contribution in [-0.4, -0.2) is 57.0 Å². The Bertz CT molecular complexity index is 1150. The fourth-order valence-electron chi connectivity index (χ4n) is 4.50. The molecule has 5 rings (SSSR count). The molecule has 2 fully saturated rings. The van der Waals surface area contributed by atoms with Crippen molar-refractivity contribution in [2.24, 2.45) is 5.92 Å². The molecule has 1 saturated carbocycles. The Hall–Kier alpha value is -2.20. The molecule has 1 amide bonds. The van der Waals surface area contributed by atoms with E-state index in [0.717, 1.165) is 25.0 Å². The van der Waals surface area contributed by atoms with Crippen molar-refractivity contribution in [3.05, 3.63) is 33.4 Å². The van der Waals surface area contributed by atoms with Gasteiger partial charge in [0, 0.05) is 31.5 Å². The summed E-state index contributed by atoms with van der Waals surface area (Å²) in [4.78, 5) is 31.9. The van der Waals surface area contributed by atoms with Crippen LogP contribution >= 0.6 is 0 Å². The first-order chi connectivity index (χ1) is 13.9. The van der Waals surface area contributed by atoms with Gasteiger partial charge in [-0.05, 0) is 32.6 Å². The van der Waals surface area contributed by atoms with Crippen LogP contribution in [0.3, 0.4) is 0 Å². The van der Waals surface area contributed by atoms with E-state index >= 15 is 0 Å². The average Bonchev–Trinajstić information content (AvgIpc) is 3.27. The quantitative estimate of drug-likeness (QED) is 0.789. The molecule has 156 valence electrons. The zero-order chi connectivity index (χ0) is 20.3. The van der Waals surface area contributed by atoms with Crippen LogP contribution in [0.4, 0.5) is 0 Å². The molecule has 29 heavy (non-hydrogen) atoms. The van der Waals surface area contributed by atoms with Gasteiger partial charge in [-0.2, -0.15) is 4.31 Å². The molecule has 1 aliphatic carbocycles. The van der Waals surface area contributed by atoms with Gasteiger partial charge < -0.3 is 4.90 Å². The fourth-order valence-corrected chi connectivity index (χ4v) is 5.84. The summed E-state index contributed by atoms with van der Waals surface area (Å²) in [5.41, 5.74) is 2.29. The standard InChI is InChI=1S/C19H25N5O4S/c1-2-29(27,28)23-8-3-4-16(23)15-10-17-20-14-7-9-22(18(25)12-5-6-12)11-13(14)19(26)24(17)21-15/h10,12,16,21H,2-9,11H2,1H3. The molecule has 0 spiro atoms. The van der Waals surface area contributed by atoms with E-state index in [0.29, 0.717) is 49.4 Å². The molecule has 1 saturated heterocycles. The summed E-state index contributed by atoms with van der Waals surface area (Å²) < 4.78 is 27.8. The lowest BCUT2D eigenvalue weighted by Crippen LogP contribution is -2.40. The van der Waals surface area contributed by atoms with E-state index < -0.39 is 10.0 Å². The first kappa shape index (κ1) is 18.8. The van der Waals surface area contributed by atoms with Gasteiger partial charge in [0.15, 0.2) is 5.65 Å². The Labute approximate surface area is 168 Å². The SMILES string of the molecule is CCS(=O)(=O)N1CCCC1c1cc2nc3c(c(=O)n2[nH]1)CN(C(=O)C1CC1)CC3. The maximum Gasteiger partial charge on any atom is 0.277 e. The minimum atomic E-state index is -3.32. The van der Waals surface area contributed by atoms with Crippen LogP contribution in [0.2, 0.25) is 0 Å². The number of carbonyl (C=O) groups is 1. The van der Waals surface area contributed by atoms with Crippen LogP contribution in [0.5, 0.6) is 0 Å². The molecule has 3 aliphatic rings. The predicted molar refractivity (Wildman–Crippen MR) is 106 cm³/mol. The Morgan fingerprint density at radius 3 is 2.79 bits per heavy atom. The summed E-state index contributed by atoms with van der Waals surface area (Å²) >= 11 is 0. The number of aromatic nitrogens is 3. The number of hydrogen-bond donors (Lipinski definition) is 1. The van der Waals surface area contributed by atoms with Gasteiger partial charge in [0.05, 0.1) is 35.3 Å². The number of sulfonamides is 1. The van der Waals surface area contributed by atoms with Gasteiger partial charge in [-0.25, -0.2) is 17.9 Å². The molecule has 2 aromatic rings. The van der Waals surface area contributed by atoms with Crippen molar-refractivity contribution in [3.8, 4) is 0 Å². The molecule has 1 N–H and O–H groups in total. The van der Waals surface area contributed by atoms with E-state index in [2.05, 4.69) is 10.1 Å². The summed E-state index contributed by atoms with van der Waals surface area (Å²) in [5.74, 6) is 0.321. The molecule has 10 heteroatoms. The number of fused-ring (bicyclic) bond motifs is 2. The zero-order valence-corrected chi connectivity index (χ0v) is 17.2. The lowest BCUT2D eigenvalue weighted by Gasteiger charge is -2.27. The third-order valence-corrected chi connectivity index (χ3v) is 8.19. The van der Waals surface area contributed by atoms with E-state index in [1.807, 2.05) is 0 Å². The average molecular weight is 420 g/mol. The molecule has 4 heterocycles. The zero-order valence-electron chi connectivity index (χ0n) is 16.4. The summed E-state index contributed by atoms with van der Waals surface area (Å²) in [6, 6.07) is 1.49. The molecule has 0 radical (unpaired) electrons. The van der Waals surface area contributed by atoms with Crippen molar-refractivity contribution in [1.82, 2.24) is 23.8 Å². The van der Waals surface area contributed by atoms with Gasteiger partial charge in [0.1, 0.15) is 0 Å². The van der Waals surface area contributed by atoms with Crippen LogP contribution in [0, 0.1) is 5.92 Å². The van der Waals surface area contributed by atoms with E-state index in [1.54, 1.807) is 17.9 Å². The van der Waals surface area contributed by atoms with E-state index in [1.165, 1.54) is 8.82 Å². The van der Waals surface area contributed by atoms with Gasteiger partial charge in [0.25, 0.3) is 5.56 Å². The summed E-state index contributed by atoms with van der Waals surface area (Å²) in [7, 11) is -3.32. The third kappa shape index (κ3) is 3.09. The minimum Gasteiger partial charge on any atom is -0.337 e. The number of hydrogen-bond acceptors (Lipinski definition) is 5. The smallest absolute Gasteiger partial charge is 0.277 e. The van der Waals surface area contributed by atoms with Crippen LogP contribution in [-0.2, 0) is 27.8 Å². The number of nitrogens with zero attached hydrogens (tertiary/aromatic N) is 4. The number of nitrogens with one attached hydrogen (secondary N) is 1. The highest BCUT2D eigenvalue weighted by Crippen LogP contribution is 2.34. The molecular weight excluding hydrogens is 394 g/mol. The Kier molecular flexibility index (Phi) is 4.32. The fraction of sp³-hybridized carbons (Fsp3) is 0.632. The normalized spacial score (nSPS) is 22.9. The van der Waals surface area contributed by atoms with Gasteiger partial charge >= 0.3 is 0 Å². The van der Waals surface area contributed by atoms with Crippen LogP contribution in [0.15, 0.2) is 10.9 Å². The Morgan fingerprint density at radius 1 is 1.28 bits per heavy atom. The van der Waals surface area contributed by atoms with Gasteiger partial charge in [0.2, 0.25) is 15.9 Å². The third-order valence-electron chi connectivity index (χ3n) is 6.30. The molecule has 9 nitrogen and oxygen atoms in total. The second-order valence-electron chi connectivity index (χ2n) is 8.20. The summed E-state index contributed by atoms with van der Waals surface area (Å²) in [6.45, 7) is 3.03. The van der Waals surface area contributed by atoms with E-state index in [-0.39, 0.29) is 29.2 Å². The first-order valence-corrected chi connectivity index (χ1v) is 11.9. The highest BCUT2D eigenvalue weighted by atomic mass is 32.2. The van der Waals surface area contributed by atoms with Crippen molar-refractivity contribution < 1.29 is 13.2 Å². The molecule has 2 aliphatic heterocycles. The summed E-state index contributed by atoms with van der Waals surface area (Å²) in [6.07, 6.45) is 3.95. The Balaban J connectivity index is 1.51.